The van der Waals surface area contributed by atoms with Crippen molar-refractivity contribution in [3.63, 3.8) is 0 Å². The van der Waals surface area contributed by atoms with E-state index in [1.165, 1.54) is 30.4 Å². The van der Waals surface area contributed by atoms with Crippen molar-refractivity contribution in [3.05, 3.63) is 68.6 Å². The monoisotopic (exact) mass is 448 g/mol. The zero-order valence-electron chi connectivity index (χ0n) is 20.4. The van der Waals surface area contributed by atoms with Gasteiger partial charge in [0.15, 0.2) is 0 Å². The van der Waals surface area contributed by atoms with Crippen LogP contribution in [0.1, 0.15) is 61.1 Å². The number of benzene rings is 1. The summed E-state index contributed by atoms with van der Waals surface area (Å²) in [6, 6.07) is 10.8. The van der Waals surface area contributed by atoms with Gasteiger partial charge in [-0.1, -0.05) is 38.1 Å². The maximum Gasteiger partial charge on any atom is 0.253 e. The van der Waals surface area contributed by atoms with Crippen LogP contribution in [0.5, 0.6) is 0 Å². The Hall–Kier alpha value is -2.73. The average molecular weight is 449 g/mol. The second-order valence-electron chi connectivity index (χ2n) is 9.97. The number of aliphatic imine (C=N–C) groups is 1. The molecular weight excluding hydrogens is 412 g/mol. The van der Waals surface area contributed by atoms with Gasteiger partial charge in [0.2, 0.25) is 5.91 Å². The van der Waals surface area contributed by atoms with Gasteiger partial charge >= 0.3 is 0 Å². The highest BCUT2D eigenvalue weighted by atomic mass is 16.2. The number of amides is 1. The summed E-state index contributed by atoms with van der Waals surface area (Å²) in [5, 5.41) is 2.79. The standard InChI is InChI=1S/C27H36N4O2/c1-18(2)14-23-6-5-12-30(23)17-24-19(3)15-20(4)27(33)31(24)13-11-21-7-9-22(10-8-21)26-28-16-25(32)29-26/h7-10,15,18,23H,5-6,11-14,16-17H2,1-4H3,(H,28,29,32)/t23-/m1/s1. The largest absolute Gasteiger partial charge is 0.311 e. The van der Waals surface area contributed by atoms with E-state index in [2.05, 4.69) is 48.1 Å². The Morgan fingerprint density at radius 1 is 1.12 bits per heavy atom. The molecule has 33 heavy (non-hydrogen) atoms. The second kappa shape index (κ2) is 10.0. The molecule has 4 rings (SSSR count). The molecule has 2 aliphatic rings. The van der Waals surface area contributed by atoms with Gasteiger partial charge in [-0.15, -0.1) is 0 Å². The molecule has 0 spiro atoms. The number of aryl methyl sites for hydroxylation is 3. The van der Waals surface area contributed by atoms with Crippen molar-refractivity contribution >= 4 is 11.7 Å². The highest BCUT2D eigenvalue weighted by molar-refractivity contribution is 6.12. The summed E-state index contributed by atoms with van der Waals surface area (Å²) in [5.74, 6) is 1.26. The number of carbonyl (C=O) groups excluding carboxylic acids is 1. The minimum absolute atomic E-state index is 0.0653. The van der Waals surface area contributed by atoms with Crippen LogP contribution in [0.3, 0.4) is 0 Å². The van der Waals surface area contributed by atoms with Crippen molar-refractivity contribution in [3.8, 4) is 0 Å². The Morgan fingerprint density at radius 2 is 1.88 bits per heavy atom. The summed E-state index contributed by atoms with van der Waals surface area (Å²) in [6.07, 6.45) is 4.49. The lowest BCUT2D eigenvalue weighted by atomic mass is 10.0. The van der Waals surface area contributed by atoms with Crippen LogP contribution >= 0.6 is 0 Å². The molecule has 6 heteroatoms. The molecule has 1 fully saturated rings. The number of carbonyl (C=O) groups is 1. The molecule has 0 unspecified atom stereocenters. The van der Waals surface area contributed by atoms with Gasteiger partial charge in [-0.05, 0) is 69.2 Å². The van der Waals surface area contributed by atoms with Crippen LogP contribution in [-0.2, 0) is 24.3 Å². The summed E-state index contributed by atoms with van der Waals surface area (Å²) in [6.45, 7) is 11.5. The van der Waals surface area contributed by atoms with Crippen molar-refractivity contribution in [2.45, 2.75) is 72.5 Å². The molecule has 2 aliphatic heterocycles. The number of hydrogen-bond donors (Lipinski definition) is 1. The third-order valence-electron chi connectivity index (χ3n) is 6.88. The Balaban J connectivity index is 1.51. The van der Waals surface area contributed by atoms with Crippen molar-refractivity contribution in [1.29, 1.82) is 0 Å². The van der Waals surface area contributed by atoms with Crippen molar-refractivity contribution in [2.75, 3.05) is 13.1 Å². The van der Waals surface area contributed by atoms with Crippen LogP contribution in [0, 0.1) is 19.8 Å². The lowest BCUT2D eigenvalue weighted by Gasteiger charge is -2.28. The average Bonchev–Trinajstić information content (AvgIpc) is 3.40. The van der Waals surface area contributed by atoms with Crippen LogP contribution in [0.4, 0.5) is 0 Å². The number of nitrogens with zero attached hydrogens (tertiary/aromatic N) is 3. The number of rotatable bonds is 8. The molecule has 1 atom stereocenters. The molecule has 1 saturated heterocycles. The zero-order valence-corrected chi connectivity index (χ0v) is 20.4. The van der Waals surface area contributed by atoms with Gasteiger partial charge < -0.3 is 9.88 Å². The fourth-order valence-electron chi connectivity index (χ4n) is 5.17. The summed E-state index contributed by atoms with van der Waals surface area (Å²) >= 11 is 0. The molecule has 1 amide bonds. The van der Waals surface area contributed by atoms with Gasteiger partial charge in [0.1, 0.15) is 12.4 Å². The summed E-state index contributed by atoms with van der Waals surface area (Å²) < 4.78 is 2.00. The molecule has 3 heterocycles. The molecule has 1 N–H and O–H groups in total. The molecule has 176 valence electrons. The topological polar surface area (TPSA) is 66.7 Å². The zero-order chi connectivity index (χ0) is 23.5. The number of hydrogen-bond acceptors (Lipinski definition) is 4. The Kier molecular flexibility index (Phi) is 7.13. The van der Waals surface area contributed by atoms with Crippen molar-refractivity contribution in [1.82, 2.24) is 14.8 Å². The van der Waals surface area contributed by atoms with Crippen LogP contribution < -0.4 is 10.9 Å². The molecule has 0 saturated carbocycles. The maximum absolute atomic E-state index is 13.1. The normalized spacial score (nSPS) is 18.8. The highest BCUT2D eigenvalue weighted by Crippen LogP contribution is 2.26. The first kappa shape index (κ1) is 23.4. The van der Waals surface area contributed by atoms with Gasteiger partial charge in [-0.2, -0.15) is 0 Å². The van der Waals surface area contributed by atoms with E-state index < -0.39 is 0 Å². The third-order valence-corrected chi connectivity index (χ3v) is 6.88. The first-order valence-electron chi connectivity index (χ1n) is 12.2. The van der Waals surface area contributed by atoms with Crippen LogP contribution in [0.25, 0.3) is 0 Å². The van der Waals surface area contributed by atoms with Crippen molar-refractivity contribution in [2.24, 2.45) is 10.9 Å². The third kappa shape index (κ3) is 5.44. The molecular formula is C27H36N4O2. The predicted octanol–water partition coefficient (Wildman–Crippen LogP) is 3.59. The van der Waals surface area contributed by atoms with Gasteiger partial charge in [-0.25, -0.2) is 0 Å². The first-order valence-corrected chi connectivity index (χ1v) is 12.2. The maximum atomic E-state index is 13.1. The minimum atomic E-state index is -0.0653. The molecule has 0 aliphatic carbocycles. The Labute approximate surface area is 196 Å². The number of pyridine rings is 1. The molecule has 2 aromatic rings. The second-order valence-corrected chi connectivity index (χ2v) is 9.97. The van der Waals surface area contributed by atoms with Gasteiger partial charge in [-0.3, -0.25) is 19.5 Å². The van der Waals surface area contributed by atoms with E-state index in [-0.39, 0.29) is 18.0 Å². The minimum Gasteiger partial charge on any atom is -0.311 e. The van der Waals surface area contributed by atoms with Crippen LogP contribution in [-0.4, -0.2) is 40.3 Å². The van der Waals surface area contributed by atoms with Gasteiger partial charge in [0.25, 0.3) is 5.56 Å². The summed E-state index contributed by atoms with van der Waals surface area (Å²) in [4.78, 5) is 31.4. The van der Waals surface area contributed by atoms with E-state index in [0.29, 0.717) is 24.3 Å². The molecule has 0 radical (unpaired) electrons. The summed E-state index contributed by atoms with van der Waals surface area (Å²) in [7, 11) is 0. The highest BCUT2D eigenvalue weighted by Gasteiger charge is 2.26. The van der Waals surface area contributed by atoms with E-state index in [9.17, 15) is 9.59 Å². The van der Waals surface area contributed by atoms with E-state index in [1.54, 1.807) is 0 Å². The van der Waals surface area contributed by atoms with E-state index in [1.807, 2.05) is 29.7 Å². The Bertz CT molecular complexity index is 1100. The van der Waals surface area contributed by atoms with Crippen LogP contribution in [0.15, 0.2) is 40.1 Å². The quantitative estimate of drug-likeness (QED) is 0.671. The molecule has 0 bridgehead atoms. The predicted molar refractivity (Wildman–Crippen MR) is 133 cm³/mol. The van der Waals surface area contributed by atoms with Crippen LogP contribution in [0.2, 0.25) is 0 Å². The summed E-state index contributed by atoms with van der Waals surface area (Å²) in [5.41, 5.74) is 5.36. The van der Waals surface area contributed by atoms with Crippen molar-refractivity contribution < 1.29 is 4.79 Å². The molecule has 6 nitrogen and oxygen atoms in total. The smallest absolute Gasteiger partial charge is 0.253 e. The lowest BCUT2D eigenvalue weighted by molar-refractivity contribution is -0.117. The number of nitrogens with one attached hydrogen (secondary N) is 1. The number of aromatic nitrogens is 1. The first-order chi connectivity index (χ1) is 15.8. The van der Waals surface area contributed by atoms with Gasteiger partial charge in [0.05, 0.1) is 0 Å². The number of likely N-dealkylation sites (tertiary alicyclic amines) is 1. The lowest BCUT2D eigenvalue weighted by Crippen LogP contribution is -2.35. The molecule has 1 aromatic heterocycles. The SMILES string of the molecule is Cc1cc(C)c(=O)n(CCc2ccc(C3=NCC(=O)N3)cc2)c1CN1CCC[C@@H]1CC(C)C. The fourth-order valence-corrected chi connectivity index (χ4v) is 5.17. The number of amidine groups is 1. The van der Waals surface area contributed by atoms with E-state index in [4.69, 9.17) is 0 Å². The van der Waals surface area contributed by atoms with Gasteiger partial charge in [0, 0.05) is 36.0 Å². The van der Waals surface area contributed by atoms with E-state index >= 15 is 0 Å². The Morgan fingerprint density at radius 3 is 2.55 bits per heavy atom. The fraction of sp³-hybridized carbons (Fsp3) is 0.519. The van der Waals surface area contributed by atoms with E-state index in [0.717, 1.165) is 36.3 Å². The molecule has 1 aromatic carbocycles.